The third kappa shape index (κ3) is 1.58. The molecule has 3 heteroatoms. The lowest BCUT2D eigenvalue weighted by Crippen LogP contribution is -1.88. The largest absolute Gasteiger partial charge is 0.398 e. The molecule has 54 valence electrons. The van der Waals surface area contributed by atoms with Crippen molar-refractivity contribution in [3.63, 3.8) is 0 Å². The third-order valence-electron chi connectivity index (χ3n) is 1.25. The van der Waals surface area contributed by atoms with Crippen LogP contribution in [0.15, 0.2) is 23.1 Å². The van der Waals surface area contributed by atoms with E-state index in [2.05, 4.69) is 12.6 Å². The minimum Gasteiger partial charge on any atom is -0.398 e. The molecular weight excluding hydrogens is 166 g/mol. The lowest BCUT2D eigenvalue weighted by atomic mass is 10.2. The highest BCUT2D eigenvalue weighted by atomic mass is 35.5. The van der Waals surface area contributed by atoms with Crippen molar-refractivity contribution in [3.05, 3.63) is 23.8 Å². The van der Waals surface area contributed by atoms with Crippen LogP contribution in [-0.2, 0) is 5.88 Å². The maximum atomic E-state index is 5.57. The van der Waals surface area contributed by atoms with E-state index in [1.165, 1.54) is 0 Å². The van der Waals surface area contributed by atoms with E-state index in [9.17, 15) is 0 Å². The molecule has 0 unspecified atom stereocenters. The lowest BCUT2D eigenvalue weighted by molar-refractivity contribution is 1.35. The fraction of sp³-hybridized carbons (Fsp3) is 0.143. The topological polar surface area (TPSA) is 26.0 Å². The van der Waals surface area contributed by atoms with E-state index < -0.39 is 0 Å². The van der Waals surface area contributed by atoms with E-state index in [-0.39, 0.29) is 0 Å². The van der Waals surface area contributed by atoms with Crippen LogP contribution in [-0.4, -0.2) is 0 Å². The minimum absolute atomic E-state index is 0.498. The molecule has 0 heterocycles. The van der Waals surface area contributed by atoms with E-state index in [0.29, 0.717) is 11.6 Å². The van der Waals surface area contributed by atoms with Gasteiger partial charge in [-0.25, -0.2) is 0 Å². The average molecular weight is 174 g/mol. The van der Waals surface area contributed by atoms with Crippen molar-refractivity contribution in [2.75, 3.05) is 5.73 Å². The summed E-state index contributed by atoms with van der Waals surface area (Å²) in [5.41, 5.74) is 7.27. The number of nitrogens with two attached hydrogens (primary N) is 1. The molecule has 1 aromatic carbocycles. The van der Waals surface area contributed by atoms with Gasteiger partial charge in [0.1, 0.15) is 0 Å². The zero-order valence-electron chi connectivity index (χ0n) is 5.34. The zero-order chi connectivity index (χ0) is 7.56. The smallest absolute Gasteiger partial charge is 0.0474 e. The number of halogens is 1. The predicted octanol–water partition coefficient (Wildman–Crippen LogP) is 2.30. The third-order valence-corrected chi connectivity index (χ3v) is 1.96. The van der Waals surface area contributed by atoms with Gasteiger partial charge in [0.05, 0.1) is 0 Å². The van der Waals surface area contributed by atoms with Crippen LogP contribution in [0.2, 0.25) is 0 Å². The van der Waals surface area contributed by atoms with Gasteiger partial charge in [-0.05, 0) is 17.7 Å². The Hall–Kier alpha value is -0.340. The molecule has 1 rings (SSSR count). The van der Waals surface area contributed by atoms with Gasteiger partial charge in [-0.3, -0.25) is 0 Å². The fourth-order valence-electron chi connectivity index (χ4n) is 0.687. The Morgan fingerprint density at radius 1 is 1.50 bits per heavy atom. The summed E-state index contributed by atoms with van der Waals surface area (Å²) in [5.74, 6) is 0.498. The second kappa shape index (κ2) is 3.17. The molecule has 0 bridgehead atoms. The van der Waals surface area contributed by atoms with Crippen LogP contribution in [0.5, 0.6) is 0 Å². The molecule has 1 nitrogen and oxygen atoms in total. The Balaban J connectivity index is 3.04. The monoisotopic (exact) mass is 173 g/mol. The van der Waals surface area contributed by atoms with Gasteiger partial charge in [0.15, 0.2) is 0 Å². The molecule has 0 aromatic heterocycles. The Morgan fingerprint density at radius 2 is 2.20 bits per heavy atom. The van der Waals surface area contributed by atoms with E-state index >= 15 is 0 Å². The molecule has 0 fully saturated rings. The highest BCUT2D eigenvalue weighted by Crippen LogP contribution is 2.18. The number of hydrogen-bond donors (Lipinski definition) is 2. The fourth-order valence-corrected chi connectivity index (χ4v) is 0.992. The van der Waals surface area contributed by atoms with Crippen molar-refractivity contribution in [2.24, 2.45) is 0 Å². The maximum absolute atomic E-state index is 5.57. The Bertz CT molecular complexity index is 237. The number of nitrogen functional groups attached to an aromatic ring is 1. The van der Waals surface area contributed by atoms with Crippen LogP contribution >= 0.6 is 24.2 Å². The molecule has 0 aliphatic carbocycles. The van der Waals surface area contributed by atoms with E-state index in [1.807, 2.05) is 18.2 Å². The van der Waals surface area contributed by atoms with Crippen molar-refractivity contribution in [1.29, 1.82) is 0 Å². The van der Waals surface area contributed by atoms with Crippen molar-refractivity contribution >= 4 is 29.9 Å². The Labute approximate surface area is 70.6 Å². The Morgan fingerprint density at radius 3 is 2.70 bits per heavy atom. The van der Waals surface area contributed by atoms with Gasteiger partial charge in [0, 0.05) is 16.5 Å². The lowest BCUT2D eigenvalue weighted by Gasteiger charge is -1.99. The average Bonchev–Trinajstić information content (AvgIpc) is 1.95. The van der Waals surface area contributed by atoms with Crippen LogP contribution in [0.3, 0.4) is 0 Å². The van der Waals surface area contributed by atoms with Crippen molar-refractivity contribution in [3.8, 4) is 0 Å². The van der Waals surface area contributed by atoms with Gasteiger partial charge < -0.3 is 5.73 Å². The summed E-state index contributed by atoms with van der Waals surface area (Å²) in [6.07, 6.45) is 0. The summed E-state index contributed by atoms with van der Waals surface area (Å²) >= 11 is 9.69. The predicted molar refractivity (Wildman–Crippen MR) is 47.7 cm³/mol. The molecule has 0 atom stereocenters. The van der Waals surface area contributed by atoms with E-state index in [4.69, 9.17) is 17.3 Å². The second-order valence-electron chi connectivity index (χ2n) is 2.03. The van der Waals surface area contributed by atoms with Crippen LogP contribution in [0, 0.1) is 0 Å². The molecule has 0 aliphatic rings. The van der Waals surface area contributed by atoms with Gasteiger partial charge >= 0.3 is 0 Å². The second-order valence-corrected chi connectivity index (χ2v) is 2.78. The van der Waals surface area contributed by atoms with Gasteiger partial charge in [-0.1, -0.05) is 6.07 Å². The summed E-state index contributed by atoms with van der Waals surface area (Å²) in [4.78, 5) is 0.800. The van der Waals surface area contributed by atoms with Gasteiger partial charge in [-0.2, -0.15) is 0 Å². The number of thiol groups is 1. The molecule has 0 radical (unpaired) electrons. The number of hydrogen-bond acceptors (Lipinski definition) is 2. The maximum Gasteiger partial charge on any atom is 0.0474 e. The summed E-state index contributed by atoms with van der Waals surface area (Å²) < 4.78 is 0. The summed E-state index contributed by atoms with van der Waals surface area (Å²) in [5, 5.41) is 0. The number of alkyl halides is 1. The molecule has 10 heavy (non-hydrogen) atoms. The number of anilines is 1. The summed E-state index contributed by atoms with van der Waals surface area (Å²) in [7, 11) is 0. The summed E-state index contributed by atoms with van der Waals surface area (Å²) in [6.45, 7) is 0. The van der Waals surface area contributed by atoms with Crippen LogP contribution < -0.4 is 5.73 Å². The number of rotatable bonds is 1. The highest BCUT2D eigenvalue weighted by Gasteiger charge is 1.94. The standard InChI is InChI=1S/C7H8ClNS/c8-4-5-1-2-7(10)6(9)3-5/h1-3,10H,4,9H2. The minimum atomic E-state index is 0.498. The van der Waals surface area contributed by atoms with E-state index in [0.717, 1.165) is 10.5 Å². The molecule has 2 N–H and O–H groups in total. The van der Waals surface area contributed by atoms with Gasteiger partial charge in [0.2, 0.25) is 0 Å². The first-order valence-electron chi connectivity index (χ1n) is 2.87. The first kappa shape index (κ1) is 7.76. The molecule has 0 spiro atoms. The van der Waals surface area contributed by atoms with Gasteiger partial charge in [-0.15, -0.1) is 24.2 Å². The van der Waals surface area contributed by atoms with Crippen LogP contribution in [0.4, 0.5) is 5.69 Å². The van der Waals surface area contributed by atoms with Gasteiger partial charge in [0.25, 0.3) is 0 Å². The van der Waals surface area contributed by atoms with Crippen molar-refractivity contribution in [2.45, 2.75) is 10.8 Å². The molecule has 0 saturated heterocycles. The first-order valence-corrected chi connectivity index (χ1v) is 3.85. The first-order chi connectivity index (χ1) is 4.74. The normalized spacial score (nSPS) is 9.80. The zero-order valence-corrected chi connectivity index (χ0v) is 6.99. The highest BCUT2D eigenvalue weighted by molar-refractivity contribution is 7.80. The molecular formula is C7H8ClNS. The van der Waals surface area contributed by atoms with Crippen LogP contribution in [0.1, 0.15) is 5.56 Å². The molecule has 0 aliphatic heterocycles. The van der Waals surface area contributed by atoms with Crippen molar-refractivity contribution < 1.29 is 0 Å². The number of benzene rings is 1. The molecule has 1 aromatic rings. The quantitative estimate of drug-likeness (QED) is 0.381. The van der Waals surface area contributed by atoms with Crippen molar-refractivity contribution in [1.82, 2.24) is 0 Å². The van der Waals surface area contributed by atoms with Crippen LogP contribution in [0.25, 0.3) is 0 Å². The van der Waals surface area contributed by atoms with E-state index in [1.54, 1.807) is 0 Å². The molecule has 0 amide bonds. The molecule has 0 saturated carbocycles. The SMILES string of the molecule is Nc1cc(CCl)ccc1S. The Kier molecular flexibility index (Phi) is 2.46. The summed E-state index contributed by atoms with van der Waals surface area (Å²) in [6, 6.07) is 5.58.